The van der Waals surface area contributed by atoms with Gasteiger partial charge >= 0.3 is 0 Å². The van der Waals surface area contributed by atoms with Gasteiger partial charge in [0.2, 0.25) is 5.91 Å². The molecule has 6 nitrogen and oxygen atoms in total. The molecule has 2 aliphatic rings. The summed E-state index contributed by atoms with van der Waals surface area (Å²) in [4.78, 5) is 40.7. The Morgan fingerprint density at radius 1 is 0.963 bits per heavy atom. The van der Waals surface area contributed by atoms with Crippen LogP contribution in [0.1, 0.15) is 40.5 Å². The fourth-order valence-electron chi connectivity index (χ4n) is 3.35. The van der Waals surface area contributed by atoms with Crippen LogP contribution in [0, 0.1) is 0 Å². The molecular weight excluding hydrogens is 436 g/mol. The third kappa shape index (κ3) is 3.78. The quantitative estimate of drug-likeness (QED) is 0.431. The largest absolute Gasteiger partial charge is 0.352 e. The van der Waals surface area contributed by atoms with Crippen LogP contribution < -0.4 is 5.32 Å². The fraction of sp³-hybridized carbons (Fsp3) is 0.471. The van der Waals surface area contributed by atoms with Crippen LogP contribution in [-0.4, -0.2) is 59.7 Å². The second-order valence-electron chi connectivity index (χ2n) is 6.48. The second kappa shape index (κ2) is 8.13. The van der Waals surface area contributed by atoms with Gasteiger partial charge in [0.25, 0.3) is 11.8 Å². The highest BCUT2D eigenvalue weighted by Gasteiger charge is 2.42. The predicted octanol–water partition coefficient (Wildman–Crippen LogP) is 3.50. The molecule has 0 radical (unpaired) electrons. The van der Waals surface area contributed by atoms with E-state index in [0.29, 0.717) is 0 Å². The fourth-order valence-corrected chi connectivity index (χ4v) is 4.36. The normalized spacial score (nSPS) is 18.2. The van der Waals surface area contributed by atoms with Gasteiger partial charge in [0.05, 0.1) is 31.2 Å². The summed E-state index contributed by atoms with van der Waals surface area (Å²) in [5.41, 5.74) is -0.241. The molecule has 146 valence electrons. The molecule has 27 heavy (non-hydrogen) atoms. The molecule has 0 aromatic heterocycles. The van der Waals surface area contributed by atoms with Gasteiger partial charge in [0.1, 0.15) is 6.54 Å². The average Bonchev–Trinajstić information content (AvgIpc) is 2.90. The number of halogens is 4. The number of nitrogens with zero attached hydrogens (tertiary/aromatic N) is 2. The number of carbonyl (C=O) groups excluding carboxylic acids is 3. The monoisotopic (exact) mass is 451 g/mol. The zero-order chi connectivity index (χ0) is 19.9. The lowest BCUT2D eigenvalue weighted by atomic mass is 10.1. The number of hydrogen-bond acceptors (Lipinski definition) is 4. The summed E-state index contributed by atoms with van der Waals surface area (Å²) in [6.45, 7) is 4.45. The molecule has 0 spiro atoms. The third-order valence-corrected chi connectivity index (χ3v) is 6.69. The highest BCUT2D eigenvalue weighted by Crippen LogP contribution is 2.44. The lowest BCUT2D eigenvalue weighted by molar-refractivity contribution is -0.122. The first-order valence-electron chi connectivity index (χ1n) is 8.50. The van der Waals surface area contributed by atoms with Gasteiger partial charge in [-0.3, -0.25) is 19.3 Å². The number of benzene rings is 1. The van der Waals surface area contributed by atoms with E-state index in [-0.39, 0.29) is 37.3 Å². The lowest BCUT2D eigenvalue weighted by Gasteiger charge is -2.31. The van der Waals surface area contributed by atoms with Crippen molar-refractivity contribution in [2.45, 2.75) is 25.8 Å². The van der Waals surface area contributed by atoms with Gasteiger partial charge in [-0.25, -0.2) is 0 Å². The summed E-state index contributed by atoms with van der Waals surface area (Å²) in [6, 6.07) is 0.0200. The first kappa shape index (κ1) is 20.7. The molecule has 2 heterocycles. The maximum atomic E-state index is 12.6. The first-order valence-corrected chi connectivity index (χ1v) is 10.0. The van der Waals surface area contributed by atoms with E-state index in [1.54, 1.807) is 0 Å². The zero-order valence-corrected chi connectivity index (χ0v) is 17.5. The van der Waals surface area contributed by atoms with Crippen LogP contribution in [-0.2, 0) is 4.79 Å². The molecule has 0 bridgehead atoms. The van der Waals surface area contributed by atoms with Crippen LogP contribution >= 0.6 is 46.4 Å². The van der Waals surface area contributed by atoms with Crippen molar-refractivity contribution < 1.29 is 14.4 Å². The van der Waals surface area contributed by atoms with E-state index in [4.69, 9.17) is 46.4 Å². The van der Waals surface area contributed by atoms with Crippen LogP contribution in [0.25, 0.3) is 0 Å². The Balaban J connectivity index is 1.73. The standard InChI is InChI=1S/C17H17Cl4N3O3/c1-2-23-5-3-8(4-6-23)22-9(25)7-24-16(26)10-11(17(24)27)13(19)15(21)14(20)12(10)18/h8H,2-7H2,1H3,(H,22,25). The smallest absolute Gasteiger partial charge is 0.263 e. The maximum Gasteiger partial charge on any atom is 0.263 e. The Labute approximate surface area is 176 Å². The van der Waals surface area contributed by atoms with Crippen LogP contribution in [0.5, 0.6) is 0 Å². The highest BCUT2D eigenvalue weighted by atomic mass is 35.5. The number of hydrogen-bond donors (Lipinski definition) is 1. The molecule has 1 aromatic carbocycles. The SMILES string of the molecule is CCN1CCC(NC(=O)CN2C(=O)c3c(Cl)c(Cl)c(Cl)c(Cl)c3C2=O)CC1. The van der Waals surface area contributed by atoms with Crippen molar-refractivity contribution >= 4 is 64.1 Å². The number of nitrogens with one attached hydrogen (secondary N) is 1. The minimum absolute atomic E-state index is 0.0200. The minimum atomic E-state index is -0.712. The van der Waals surface area contributed by atoms with Crippen molar-refractivity contribution in [3.8, 4) is 0 Å². The lowest BCUT2D eigenvalue weighted by Crippen LogP contribution is -2.48. The van der Waals surface area contributed by atoms with Crippen molar-refractivity contribution in [1.82, 2.24) is 15.1 Å². The maximum absolute atomic E-state index is 12.6. The molecule has 0 saturated carbocycles. The van der Waals surface area contributed by atoms with Crippen LogP contribution in [0.3, 0.4) is 0 Å². The summed E-state index contributed by atoms with van der Waals surface area (Å²) in [5.74, 6) is -1.84. The predicted molar refractivity (Wildman–Crippen MR) is 105 cm³/mol. The summed E-state index contributed by atoms with van der Waals surface area (Å²) in [7, 11) is 0. The number of imide groups is 1. The Hall–Kier alpha value is -1.05. The van der Waals surface area contributed by atoms with Crippen LogP contribution in [0.2, 0.25) is 20.1 Å². The van der Waals surface area contributed by atoms with E-state index < -0.39 is 24.3 Å². The van der Waals surface area contributed by atoms with Crippen molar-refractivity contribution in [2.75, 3.05) is 26.2 Å². The number of rotatable bonds is 4. The Morgan fingerprint density at radius 3 is 1.89 bits per heavy atom. The van der Waals surface area contributed by atoms with Gasteiger partial charge in [-0.2, -0.15) is 0 Å². The molecule has 10 heteroatoms. The van der Waals surface area contributed by atoms with Crippen molar-refractivity contribution in [1.29, 1.82) is 0 Å². The molecule has 3 amide bonds. The molecule has 2 aliphatic heterocycles. The molecule has 1 aromatic rings. The van der Waals surface area contributed by atoms with E-state index in [9.17, 15) is 14.4 Å². The molecule has 1 fully saturated rings. The molecule has 0 atom stereocenters. The Morgan fingerprint density at radius 2 is 1.44 bits per heavy atom. The van der Waals surface area contributed by atoms with Crippen molar-refractivity contribution in [3.63, 3.8) is 0 Å². The van der Waals surface area contributed by atoms with Crippen molar-refractivity contribution in [2.24, 2.45) is 0 Å². The van der Waals surface area contributed by atoms with E-state index in [1.807, 2.05) is 0 Å². The highest BCUT2D eigenvalue weighted by molar-refractivity contribution is 6.55. The van der Waals surface area contributed by atoms with Crippen LogP contribution in [0.4, 0.5) is 0 Å². The van der Waals surface area contributed by atoms with Gasteiger partial charge in [-0.15, -0.1) is 0 Å². The summed E-state index contributed by atoms with van der Waals surface area (Å²) in [5, 5.41) is 2.39. The summed E-state index contributed by atoms with van der Waals surface area (Å²) < 4.78 is 0. The van der Waals surface area contributed by atoms with Crippen LogP contribution in [0.15, 0.2) is 0 Å². The molecule has 0 aliphatic carbocycles. The van der Waals surface area contributed by atoms with Gasteiger partial charge in [-0.1, -0.05) is 53.3 Å². The topological polar surface area (TPSA) is 69.7 Å². The first-order chi connectivity index (χ1) is 12.8. The van der Waals surface area contributed by atoms with Crippen molar-refractivity contribution in [3.05, 3.63) is 31.2 Å². The Kier molecular flexibility index (Phi) is 6.23. The second-order valence-corrected chi connectivity index (χ2v) is 7.99. The average molecular weight is 453 g/mol. The third-order valence-electron chi connectivity index (χ3n) is 4.89. The Bertz CT molecular complexity index is 775. The number of likely N-dealkylation sites (tertiary alicyclic amines) is 1. The molecule has 1 saturated heterocycles. The van der Waals surface area contributed by atoms with E-state index >= 15 is 0 Å². The minimum Gasteiger partial charge on any atom is -0.352 e. The summed E-state index contributed by atoms with van der Waals surface area (Å²) >= 11 is 24.1. The molecule has 0 unspecified atom stereocenters. The van der Waals surface area contributed by atoms with E-state index in [0.717, 1.165) is 37.4 Å². The van der Waals surface area contributed by atoms with Gasteiger partial charge in [0, 0.05) is 19.1 Å². The van der Waals surface area contributed by atoms with E-state index in [1.165, 1.54) is 0 Å². The molecule has 3 rings (SSSR count). The van der Waals surface area contributed by atoms with Gasteiger partial charge < -0.3 is 10.2 Å². The summed E-state index contributed by atoms with van der Waals surface area (Å²) in [6.07, 6.45) is 1.65. The van der Waals surface area contributed by atoms with E-state index in [2.05, 4.69) is 17.1 Å². The molecular formula is C17H17Cl4N3O3. The number of carbonyl (C=O) groups is 3. The zero-order valence-electron chi connectivity index (χ0n) is 14.5. The molecule has 1 N–H and O–H groups in total. The number of fused-ring (bicyclic) bond motifs is 1. The number of piperidine rings is 1. The van der Waals surface area contributed by atoms with Gasteiger partial charge in [0.15, 0.2) is 0 Å². The van der Waals surface area contributed by atoms with Gasteiger partial charge in [-0.05, 0) is 19.4 Å². The number of amides is 3.